The van der Waals surface area contributed by atoms with Crippen LogP contribution in [0.25, 0.3) is 0 Å². The van der Waals surface area contributed by atoms with Gasteiger partial charge in [-0.1, -0.05) is 13.8 Å². The number of hydrogen-bond acceptors (Lipinski definition) is 4. The molecule has 2 aliphatic heterocycles. The number of likely N-dealkylation sites (tertiary alicyclic amines) is 1. The lowest BCUT2D eigenvalue weighted by Gasteiger charge is -2.42. The molecule has 0 aliphatic carbocycles. The first-order chi connectivity index (χ1) is 13.0. The molecule has 5 nitrogen and oxygen atoms in total. The quantitative estimate of drug-likeness (QED) is 0.732. The first kappa shape index (κ1) is 20.1. The van der Waals surface area contributed by atoms with Gasteiger partial charge in [0.25, 0.3) is 0 Å². The Morgan fingerprint density at radius 1 is 1.22 bits per heavy atom. The molecule has 1 aromatic rings. The number of carbonyl (C=O) groups is 1. The number of morpholine rings is 1. The number of amides is 1. The Kier molecular flexibility index (Phi) is 7.07. The van der Waals surface area contributed by atoms with Crippen LogP contribution in [0.3, 0.4) is 0 Å². The van der Waals surface area contributed by atoms with Crippen molar-refractivity contribution in [2.75, 3.05) is 39.4 Å². The maximum atomic E-state index is 13.0. The minimum absolute atomic E-state index is 0.0775. The summed E-state index contributed by atoms with van der Waals surface area (Å²) in [6, 6.07) is 6.26. The molecule has 3 rings (SSSR count). The fourth-order valence-corrected chi connectivity index (χ4v) is 3.71. The van der Waals surface area contributed by atoms with Crippen LogP contribution >= 0.6 is 0 Å². The second kappa shape index (κ2) is 9.51. The molecular weight excluding hydrogens is 347 g/mol. The number of hydrogen-bond donors (Lipinski definition) is 0. The Hall–Kier alpha value is -1.66. The first-order valence-electron chi connectivity index (χ1n) is 10.0. The second-order valence-corrected chi connectivity index (χ2v) is 8.00. The Balaban J connectivity index is 1.46. The van der Waals surface area contributed by atoms with Crippen LogP contribution in [0.2, 0.25) is 0 Å². The molecule has 2 heterocycles. The van der Waals surface area contributed by atoms with Crippen molar-refractivity contribution >= 4 is 5.91 Å². The summed E-state index contributed by atoms with van der Waals surface area (Å²) in [4.78, 5) is 16.9. The molecule has 0 radical (unpaired) electrons. The molecule has 2 fully saturated rings. The van der Waals surface area contributed by atoms with E-state index in [2.05, 4.69) is 18.7 Å². The largest absolute Gasteiger partial charge is 0.491 e. The molecule has 6 heteroatoms. The third-order valence-corrected chi connectivity index (χ3v) is 5.43. The van der Waals surface area contributed by atoms with E-state index in [0.717, 1.165) is 38.4 Å². The molecule has 27 heavy (non-hydrogen) atoms. The van der Waals surface area contributed by atoms with Crippen molar-refractivity contribution in [3.63, 3.8) is 0 Å². The van der Waals surface area contributed by atoms with Gasteiger partial charge in [0, 0.05) is 19.1 Å². The van der Waals surface area contributed by atoms with Crippen molar-refractivity contribution < 1.29 is 18.7 Å². The normalized spacial score (nSPS) is 22.4. The average molecular weight is 378 g/mol. The zero-order valence-electron chi connectivity index (χ0n) is 16.4. The highest BCUT2D eigenvalue weighted by molar-refractivity contribution is 5.78. The van der Waals surface area contributed by atoms with Gasteiger partial charge >= 0.3 is 0 Å². The van der Waals surface area contributed by atoms with E-state index in [9.17, 15) is 9.18 Å². The van der Waals surface area contributed by atoms with E-state index < -0.39 is 0 Å². The predicted molar refractivity (Wildman–Crippen MR) is 102 cm³/mol. The van der Waals surface area contributed by atoms with Crippen LogP contribution in [0.1, 0.15) is 33.1 Å². The van der Waals surface area contributed by atoms with Crippen LogP contribution in [0.4, 0.5) is 4.39 Å². The third-order valence-electron chi connectivity index (χ3n) is 5.43. The van der Waals surface area contributed by atoms with Gasteiger partial charge in [-0.2, -0.15) is 0 Å². The molecule has 2 aliphatic rings. The van der Waals surface area contributed by atoms with E-state index in [0.29, 0.717) is 24.9 Å². The maximum absolute atomic E-state index is 13.0. The van der Waals surface area contributed by atoms with Crippen LogP contribution in [0, 0.1) is 11.7 Å². The van der Waals surface area contributed by atoms with Crippen molar-refractivity contribution in [1.29, 1.82) is 0 Å². The number of carbonyl (C=O) groups excluding carboxylic acids is 1. The second-order valence-electron chi connectivity index (χ2n) is 8.00. The minimum Gasteiger partial charge on any atom is -0.491 e. The topological polar surface area (TPSA) is 42.0 Å². The monoisotopic (exact) mass is 378 g/mol. The van der Waals surface area contributed by atoms with Crippen molar-refractivity contribution in [2.24, 2.45) is 5.92 Å². The highest BCUT2D eigenvalue weighted by Gasteiger charge is 2.33. The summed E-state index contributed by atoms with van der Waals surface area (Å²) in [7, 11) is 0. The molecule has 0 bridgehead atoms. The minimum atomic E-state index is -0.284. The van der Waals surface area contributed by atoms with Crippen LogP contribution < -0.4 is 4.74 Å². The first-order valence-corrected chi connectivity index (χ1v) is 10.0. The van der Waals surface area contributed by atoms with E-state index in [1.165, 1.54) is 18.6 Å². The maximum Gasteiger partial charge on any atom is 0.248 e. The Morgan fingerprint density at radius 2 is 1.93 bits per heavy atom. The molecule has 1 unspecified atom stereocenters. The van der Waals surface area contributed by atoms with Crippen molar-refractivity contribution in [1.82, 2.24) is 9.80 Å². The van der Waals surface area contributed by atoms with Crippen LogP contribution in [0.15, 0.2) is 24.3 Å². The number of benzene rings is 1. The Bertz CT molecular complexity index is 600. The van der Waals surface area contributed by atoms with Gasteiger partial charge in [-0.3, -0.25) is 4.79 Å². The summed E-state index contributed by atoms with van der Waals surface area (Å²) in [6.45, 7) is 8.82. The molecule has 1 amide bonds. The number of rotatable bonds is 7. The highest BCUT2D eigenvalue weighted by atomic mass is 19.1. The molecule has 1 aromatic carbocycles. The molecule has 0 N–H and O–H groups in total. The summed E-state index contributed by atoms with van der Waals surface area (Å²) >= 11 is 0. The van der Waals surface area contributed by atoms with Crippen LogP contribution in [-0.4, -0.2) is 67.2 Å². The summed E-state index contributed by atoms with van der Waals surface area (Å²) in [5, 5.41) is 0. The summed E-state index contributed by atoms with van der Waals surface area (Å²) in [5.74, 6) is 1.13. The van der Waals surface area contributed by atoms with Crippen LogP contribution in [0.5, 0.6) is 5.75 Å². The number of piperidine rings is 1. The summed E-state index contributed by atoms with van der Waals surface area (Å²) < 4.78 is 24.3. The molecule has 0 saturated carbocycles. The van der Waals surface area contributed by atoms with Gasteiger partial charge in [-0.25, -0.2) is 4.39 Å². The highest BCUT2D eigenvalue weighted by Crippen LogP contribution is 2.21. The van der Waals surface area contributed by atoms with Gasteiger partial charge in [0.15, 0.2) is 0 Å². The summed E-state index contributed by atoms with van der Waals surface area (Å²) in [5.41, 5.74) is 0. The van der Waals surface area contributed by atoms with E-state index in [4.69, 9.17) is 9.47 Å². The van der Waals surface area contributed by atoms with Crippen molar-refractivity contribution in [2.45, 2.75) is 45.3 Å². The Morgan fingerprint density at radius 3 is 2.59 bits per heavy atom. The molecule has 2 saturated heterocycles. The fraction of sp³-hybridized carbons (Fsp3) is 0.667. The number of ether oxygens (including phenoxy) is 2. The van der Waals surface area contributed by atoms with Crippen LogP contribution in [-0.2, 0) is 9.53 Å². The smallest absolute Gasteiger partial charge is 0.248 e. The number of halogens is 1. The van der Waals surface area contributed by atoms with Gasteiger partial charge < -0.3 is 19.3 Å². The lowest BCUT2D eigenvalue weighted by molar-refractivity contribution is -0.155. The van der Waals surface area contributed by atoms with Gasteiger partial charge in [-0.15, -0.1) is 0 Å². The van der Waals surface area contributed by atoms with E-state index in [1.807, 2.05) is 4.90 Å². The Labute approximate surface area is 161 Å². The fourth-order valence-electron chi connectivity index (χ4n) is 3.71. The summed E-state index contributed by atoms with van der Waals surface area (Å²) in [6.07, 6.45) is 3.13. The standard InChI is InChI=1S/C21H31FN2O3/c1-16(2)7-10-23-11-8-18(9-12-23)24-13-20(27-15-21(24)25)14-26-19-5-3-17(22)4-6-19/h3-6,16,18,20H,7-15H2,1-2H3. The van der Waals surface area contributed by atoms with Crippen molar-refractivity contribution in [3.8, 4) is 5.75 Å². The lowest BCUT2D eigenvalue weighted by atomic mass is 10.0. The average Bonchev–Trinajstić information content (AvgIpc) is 2.67. The van der Waals surface area contributed by atoms with Gasteiger partial charge in [0.1, 0.15) is 30.9 Å². The molecular formula is C21H31FN2O3. The van der Waals surface area contributed by atoms with E-state index in [-0.39, 0.29) is 24.4 Å². The molecule has 1 atom stereocenters. The van der Waals surface area contributed by atoms with Crippen molar-refractivity contribution in [3.05, 3.63) is 30.1 Å². The van der Waals surface area contributed by atoms with E-state index in [1.54, 1.807) is 12.1 Å². The molecule has 150 valence electrons. The molecule has 0 aromatic heterocycles. The van der Waals surface area contributed by atoms with E-state index >= 15 is 0 Å². The molecule has 0 spiro atoms. The number of nitrogens with zero attached hydrogens (tertiary/aromatic N) is 2. The van der Waals surface area contributed by atoms with Gasteiger partial charge in [-0.05, 0) is 56.0 Å². The zero-order chi connectivity index (χ0) is 19.2. The lowest BCUT2D eigenvalue weighted by Crippen LogP contribution is -2.55. The zero-order valence-corrected chi connectivity index (χ0v) is 16.4. The predicted octanol–water partition coefficient (Wildman–Crippen LogP) is 2.94. The SMILES string of the molecule is CC(C)CCN1CCC(N2CC(COc3ccc(F)cc3)OCC2=O)CC1. The van der Waals surface area contributed by atoms with Gasteiger partial charge in [0.2, 0.25) is 5.91 Å². The third kappa shape index (κ3) is 5.91. The van der Waals surface area contributed by atoms with Gasteiger partial charge in [0.05, 0.1) is 6.54 Å².